The van der Waals surface area contributed by atoms with Crippen LogP contribution in [0.15, 0.2) is 22.7 Å². The summed E-state index contributed by atoms with van der Waals surface area (Å²) in [6.07, 6.45) is -0.189. The molecule has 0 aliphatic heterocycles. The monoisotopic (exact) mass is 271 g/mol. The molecular weight excluding hydrogens is 254 g/mol. The minimum atomic E-state index is -0.189. The van der Waals surface area contributed by atoms with Gasteiger partial charge in [0.05, 0.1) is 11.6 Å². The molecular formula is C15H17N3O2. The molecule has 0 bridgehead atoms. The Morgan fingerprint density at radius 3 is 2.65 bits per heavy atom. The normalized spacial score (nSPS) is 12.4. The third-order valence-electron chi connectivity index (χ3n) is 3.14. The van der Waals surface area contributed by atoms with Crippen LogP contribution in [0.25, 0.3) is 11.5 Å². The molecule has 0 spiro atoms. The average Bonchev–Trinajstić information content (AvgIpc) is 2.88. The maximum absolute atomic E-state index is 8.88. The predicted octanol–water partition coefficient (Wildman–Crippen LogP) is 3.26. The van der Waals surface area contributed by atoms with Crippen LogP contribution in [0.4, 0.5) is 0 Å². The predicted molar refractivity (Wildman–Crippen MR) is 73.8 cm³/mol. The molecule has 0 radical (unpaired) electrons. The summed E-state index contributed by atoms with van der Waals surface area (Å²) in [6.45, 7) is 5.99. The molecule has 104 valence electrons. The smallest absolute Gasteiger partial charge is 0.258 e. The van der Waals surface area contributed by atoms with E-state index >= 15 is 0 Å². The number of nitriles is 1. The summed E-state index contributed by atoms with van der Waals surface area (Å²) in [6, 6.07) is 7.47. The van der Waals surface area contributed by atoms with E-state index in [0.29, 0.717) is 17.3 Å². The van der Waals surface area contributed by atoms with Crippen molar-refractivity contribution < 1.29 is 9.26 Å². The van der Waals surface area contributed by atoms with E-state index in [-0.39, 0.29) is 12.0 Å². The van der Waals surface area contributed by atoms with E-state index in [4.69, 9.17) is 14.5 Å². The van der Waals surface area contributed by atoms with Gasteiger partial charge in [0.2, 0.25) is 5.82 Å². The van der Waals surface area contributed by atoms with Crippen molar-refractivity contribution >= 4 is 0 Å². The first kappa shape index (κ1) is 14.2. The molecule has 0 N–H and O–H groups in total. The van der Waals surface area contributed by atoms with Crippen LogP contribution in [0.1, 0.15) is 36.9 Å². The van der Waals surface area contributed by atoms with E-state index in [1.807, 2.05) is 26.8 Å². The second-order valence-electron chi connectivity index (χ2n) is 5.00. The summed E-state index contributed by atoms with van der Waals surface area (Å²) in [7, 11) is 1.63. The Labute approximate surface area is 118 Å². The van der Waals surface area contributed by atoms with E-state index in [1.54, 1.807) is 19.2 Å². The van der Waals surface area contributed by atoms with Crippen LogP contribution in [0, 0.1) is 24.2 Å². The van der Waals surface area contributed by atoms with E-state index in [0.717, 1.165) is 11.1 Å². The Kier molecular flexibility index (Phi) is 4.16. The van der Waals surface area contributed by atoms with Gasteiger partial charge in [0.15, 0.2) is 0 Å². The van der Waals surface area contributed by atoms with E-state index in [2.05, 4.69) is 16.2 Å². The van der Waals surface area contributed by atoms with Crippen LogP contribution >= 0.6 is 0 Å². The molecule has 1 aromatic carbocycles. The first-order valence-corrected chi connectivity index (χ1v) is 6.44. The molecule has 0 saturated carbocycles. The average molecular weight is 271 g/mol. The Balaban J connectivity index is 2.36. The van der Waals surface area contributed by atoms with E-state index in [1.165, 1.54) is 0 Å². The molecule has 0 fully saturated rings. The van der Waals surface area contributed by atoms with Crippen molar-refractivity contribution in [3.63, 3.8) is 0 Å². The summed E-state index contributed by atoms with van der Waals surface area (Å²) < 4.78 is 10.7. The molecule has 1 unspecified atom stereocenters. The molecule has 20 heavy (non-hydrogen) atoms. The summed E-state index contributed by atoms with van der Waals surface area (Å²) >= 11 is 0. The standard InChI is InChI=1S/C15H17N3O2/c1-9(2)13(19-4)14-17-15(20-18-14)12-6-5-11(8-16)7-10(12)3/h5-7,9,13H,1-4H3. The minimum absolute atomic E-state index is 0.189. The summed E-state index contributed by atoms with van der Waals surface area (Å²) in [5, 5.41) is 12.9. The van der Waals surface area contributed by atoms with Gasteiger partial charge in [-0.25, -0.2) is 0 Å². The van der Waals surface area contributed by atoms with Gasteiger partial charge in [-0.1, -0.05) is 19.0 Å². The number of hydrogen-bond donors (Lipinski definition) is 0. The van der Waals surface area contributed by atoms with Gasteiger partial charge in [-0.15, -0.1) is 0 Å². The van der Waals surface area contributed by atoms with Gasteiger partial charge >= 0.3 is 0 Å². The summed E-state index contributed by atoms with van der Waals surface area (Å²) in [4.78, 5) is 4.40. The van der Waals surface area contributed by atoms with Crippen LogP contribution in [-0.4, -0.2) is 17.3 Å². The molecule has 5 heteroatoms. The molecule has 0 aliphatic carbocycles. The van der Waals surface area contributed by atoms with Crippen molar-refractivity contribution in [3.05, 3.63) is 35.2 Å². The van der Waals surface area contributed by atoms with Crippen LogP contribution in [0.2, 0.25) is 0 Å². The number of nitrogens with zero attached hydrogens (tertiary/aromatic N) is 3. The van der Waals surface area contributed by atoms with Crippen molar-refractivity contribution in [2.45, 2.75) is 26.9 Å². The fourth-order valence-electron chi connectivity index (χ4n) is 2.11. The quantitative estimate of drug-likeness (QED) is 0.853. The van der Waals surface area contributed by atoms with Crippen molar-refractivity contribution in [2.75, 3.05) is 7.11 Å². The lowest BCUT2D eigenvalue weighted by atomic mass is 10.1. The first-order valence-electron chi connectivity index (χ1n) is 6.44. The SMILES string of the molecule is COC(c1noc(-c2ccc(C#N)cc2C)n1)C(C)C. The first-order chi connectivity index (χ1) is 9.56. The Morgan fingerprint density at radius 2 is 2.10 bits per heavy atom. The number of aromatic nitrogens is 2. The van der Waals surface area contributed by atoms with Gasteiger partial charge in [0.1, 0.15) is 6.10 Å². The zero-order valence-electron chi connectivity index (χ0n) is 12.0. The largest absolute Gasteiger partial charge is 0.373 e. The van der Waals surface area contributed by atoms with Crippen molar-refractivity contribution in [3.8, 4) is 17.5 Å². The number of benzene rings is 1. The third kappa shape index (κ3) is 2.70. The number of hydrogen-bond acceptors (Lipinski definition) is 5. The maximum Gasteiger partial charge on any atom is 0.258 e. The zero-order valence-corrected chi connectivity index (χ0v) is 12.0. The molecule has 1 atom stereocenters. The van der Waals surface area contributed by atoms with Crippen molar-refractivity contribution in [1.29, 1.82) is 5.26 Å². The lowest BCUT2D eigenvalue weighted by molar-refractivity contribution is 0.0556. The maximum atomic E-state index is 8.88. The number of rotatable bonds is 4. The molecule has 5 nitrogen and oxygen atoms in total. The lowest BCUT2D eigenvalue weighted by Crippen LogP contribution is -2.10. The zero-order chi connectivity index (χ0) is 14.7. The molecule has 2 rings (SSSR count). The molecule has 0 amide bonds. The highest BCUT2D eigenvalue weighted by Gasteiger charge is 2.22. The highest BCUT2D eigenvalue weighted by Crippen LogP contribution is 2.27. The van der Waals surface area contributed by atoms with Crippen LogP contribution < -0.4 is 0 Å². The fourth-order valence-corrected chi connectivity index (χ4v) is 2.11. The van der Waals surface area contributed by atoms with Gasteiger partial charge < -0.3 is 9.26 Å². The number of aryl methyl sites for hydroxylation is 1. The second-order valence-corrected chi connectivity index (χ2v) is 5.00. The molecule has 1 heterocycles. The van der Waals surface area contributed by atoms with E-state index < -0.39 is 0 Å². The summed E-state index contributed by atoms with van der Waals surface area (Å²) in [5.41, 5.74) is 2.38. The molecule has 1 aromatic heterocycles. The third-order valence-corrected chi connectivity index (χ3v) is 3.14. The Morgan fingerprint density at radius 1 is 1.35 bits per heavy atom. The van der Waals surface area contributed by atoms with Crippen LogP contribution in [0.5, 0.6) is 0 Å². The van der Waals surface area contributed by atoms with Gasteiger partial charge in [-0.05, 0) is 36.6 Å². The second kappa shape index (κ2) is 5.85. The minimum Gasteiger partial charge on any atom is -0.373 e. The Bertz CT molecular complexity index is 641. The van der Waals surface area contributed by atoms with Gasteiger partial charge in [0, 0.05) is 12.7 Å². The molecule has 2 aromatic rings. The highest BCUT2D eigenvalue weighted by atomic mass is 16.5. The molecule has 0 saturated heterocycles. The lowest BCUT2D eigenvalue weighted by Gasteiger charge is -2.14. The van der Waals surface area contributed by atoms with Gasteiger partial charge in [-0.3, -0.25) is 0 Å². The fraction of sp³-hybridized carbons (Fsp3) is 0.400. The number of ether oxygens (including phenoxy) is 1. The Hall–Kier alpha value is -2.19. The molecule has 0 aliphatic rings. The topological polar surface area (TPSA) is 71.9 Å². The van der Waals surface area contributed by atoms with Crippen molar-refractivity contribution in [1.82, 2.24) is 10.1 Å². The highest BCUT2D eigenvalue weighted by molar-refractivity contribution is 5.60. The summed E-state index contributed by atoms with van der Waals surface area (Å²) in [5.74, 6) is 1.25. The van der Waals surface area contributed by atoms with Gasteiger partial charge in [-0.2, -0.15) is 10.2 Å². The number of methoxy groups -OCH3 is 1. The van der Waals surface area contributed by atoms with Gasteiger partial charge in [0.25, 0.3) is 5.89 Å². The van der Waals surface area contributed by atoms with Crippen LogP contribution in [0.3, 0.4) is 0 Å². The van der Waals surface area contributed by atoms with E-state index in [9.17, 15) is 0 Å². The van der Waals surface area contributed by atoms with Crippen LogP contribution in [-0.2, 0) is 4.74 Å². The van der Waals surface area contributed by atoms with Crippen molar-refractivity contribution in [2.24, 2.45) is 5.92 Å².